The predicted molar refractivity (Wildman–Crippen MR) is 110 cm³/mol. The Labute approximate surface area is 183 Å². The van der Waals surface area contributed by atoms with Gasteiger partial charge in [-0.3, -0.25) is 20.2 Å². The van der Waals surface area contributed by atoms with E-state index in [0.717, 1.165) is 18.2 Å². The molecule has 0 aliphatic heterocycles. The number of alkyl halides is 3. The minimum absolute atomic E-state index is 0.00614. The lowest BCUT2D eigenvalue weighted by Gasteiger charge is -2.10. The van der Waals surface area contributed by atoms with E-state index in [2.05, 4.69) is 10.3 Å². The van der Waals surface area contributed by atoms with Crippen LogP contribution in [0, 0.1) is 10.1 Å². The Bertz CT molecular complexity index is 1320. The standard InChI is InChI=1S/C21H15F3N4O5/c22-21(23,24)13-6-7-18-17(9-13)25-20(27(18)11-16-5-2-8-32-16)26-19(29)12-33-15-4-1-3-14(10-15)28(30)31/h1-10H,11-12H2,(H,25,26,29). The first-order valence-electron chi connectivity index (χ1n) is 9.47. The van der Waals surface area contributed by atoms with Gasteiger partial charge in [-0.1, -0.05) is 6.07 Å². The molecule has 1 N–H and O–H groups in total. The number of hydrogen-bond donors (Lipinski definition) is 1. The highest BCUT2D eigenvalue weighted by Gasteiger charge is 2.31. The highest BCUT2D eigenvalue weighted by molar-refractivity contribution is 5.92. The van der Waals surface area contributed by atoms with E-state index in [-0.39, 0.29) is 29.4 Å². The molecule has 170 valence electrons. The maximum absolute atomic E-state index is 13.1. The number of benzene rings is 2. The number of nitro benzene ring substituents is 1. The summed E-state index contributed by atoms with van der Waals surface area (Å²) in [4.78, 5) is 26.8. The number of carbonyl (C=O) groups is 1. The fraction of sp³-hybridized carbons (Fsp3) is 0.143. The third kappa shape index (κ3) is 4.95. The van der Waals surface area contributed by atoms with E-state index < -0.39 is 29.2 Å². The number of nitrogens with zero attached hydrogens (tertiary/aromatic N) is 3. The zero-order chi connectivity index (χ0) is 23.6. The van der Waals surface area contributed by atoms with Crippen LogP contribution in [0.25, 0.3) is 11.0 Å². The van der Waals surface area contributed by atoms with Crippen molar-refractivity contribution in [3.05, 3.63) is 82.3 Å². The topological polar surface area (TPSA) is 112 Å². The van der Waals surface area contributed by atoms with E-state index in [9.17, 15) is 28.1 Å². The first-order chi connectivity index (χ1) is 15.7. The number of hydrogen-bond acceptors (Lipinski definition) is 6. The molecule has 4 rings (SSSR count). The van der Waals surface area contributed by atoms with Crippen molar-refractivity contribution in [1.29, 1.82) is 0 Å². The van der Waals surface area contributed by atoms with Gasteiger partial charge in [-0.15, -0.1) is 0 Å². The number of nitrogens with one attached hydrogen (secondary N) is 1. The van der Waals surface area contributed by atoms with E-state index in [1.54, 1.807) is 12.1 Å². The number of furan rings is 1. The molecule has 0 saturated carbocycles. The number of ether oxygens (including phenoxy) is 1. The Morgan fingerprint density at radius 2 is 2.00 bits per heavy atom. The second-order valence-corrected chi connectivity index (χ2v) is 6.89. The van der Waals surface area contributed by atoms with Gasteiger partial charge < -0.3 is 13.7 Å². The van der Waals surface area contributed by atoms with Crippen LogP contribution in [-0.4, -0.2) is 27.0 Å². The number of amides is 1. The fourth-order valence-corrected chi connectivity index (χ4v) is 3.12. The molecule has 0 unspecified atom stereocenters. The predicted octanol–water partition coefficient (Wildman–Crippen LogP) is 4.62. The van der Waals surface area contributed by atoms with Crippen molar-refractivity contribution < 1.29 is 32.0 Å². The van der Waals surface area contributed by atoms with Crippen LogP contribution < -0.4 is 10.1 Å². The summed E-state index contributed by atoms with van der Waals surface area (Å²) >= 11 is 0. The molecule has 9 nitrogen and oxygen atoms in total. The van der Waals surface area contributed by atoms with Crippen LogP contribution in [0.4, 0.5) is 24.8 Å². The largest absolute Gasteiger partial charge is 0.484 e. The van der Waals surface area contributed by atoms with Crippen molar-refractivity contribution in [3.8, 4) is 5.75 Å². The zero-order valence-corrected chi connectivity index (χ0v) is 16.7. The van der Waals surface area contributed by atoms with Gasteiger partial charge in [-0.2, -0.15) is 13.2 Å². The summed E-state index contributed by atoms with van der Waals surface area (Å²) in [6.07, 6.45) is -3.10. The summed E-state index contributed by atoms with van der Waals surface area (Å²) in [6.45, 7) is -0.394. The van der Waals surface area contributed by atoms with Gasteiger partial charge in [0.15, 0.2) is 6.61 Å². The molecule has 0 spiro atoms. The van der Waals surface area contributed by atoms with E-state index in [1.807, 2.05) is 0 Å². The second kappa shape index (κ2) is 8.65. The lowest BCUT2D eigenvalue weighted by atomic mass is 10.2. The van der Waals surface area contributed by atoms with Crippen molar-refractivity contribution in [1.82, 2.24) is 9.55 Å². The zero-order valence-electron chi connectivity index (χ0n) is 16.7. The van der Waals surface area contributed by atoms with Crippen LogP contribution >= 0.6 is 0 Å². The number of aromatic nitrogens is 2. The minimum atomic E-state index is -4.55. The molecular formula is C21H15F3N4O5. The highest BCUT2D eigenvalue weighted by Crippen LogP contribution is 2.32. The molecule has 0 aliphatic rings. The molecule has 0 radical (unpaired) electrons. The number of halogens is 3. The molecule has 1 amide bonds. The molecule has 33 heavy (non-hydrogen) atoms. The summed E-state index contributed by atoms with van der Waals surface area (Å²) in [5.41, 5.74) is -0.682. The summed E-state index contributed by atoms with van der Waals surface area (Å²) in [5, 5.41) is 13.4. The van der Waals surface area contributed by atoms with Crippen LogP contribution in [0.5, 0.6) is 5.75 Å². The maximum atomic E-state index is 13.1. The highest BCUT2D eigenvalue weighted by atomic mass is 19.4. The summed E-state index contributed by atoms with van der Waals surface area (Å²) in [5.74, 6) is -0.0577. The summed E-state index contributed by atoms with van der Waals surface area (Å²) in [7, 11) is 0. The van der Waals surface area contributed by atoms with Crippen LogP contribution in [-0.2, 0) is 17.5 Å². The summed E-state index contributed by atoms with van der Waals surface area (Å²) < 4.78 is 51.4. The monoisotopic (exact) mass is 460 g/mol. The quantitative estimate of drug-likeness (QED) is 0.318. The fourth-order valence-electron chi connectivity index (χ4n) is 3.12. The van der Waals surface area contributed by atoms with Gasteiger partial charge in [0.1, 0.15) is 11.5 Å². The van der Waals surface area contributed by atoms with Crippen molar-refractivity contribution >= 4 is 28.6 Å². The first kappa shape index (κ1) is 21.9. The number of nitro groups is 1. The Balaban J connectivity index is 1.58. The summed E-state index contributed by atoms with van der Waals surface area (Å²) in [6, 6.07) is 11.7. The van der Waals surface area contributed by atoms with Gasteiger partial charge in [0.05, 0.1) is 40.4 Å². The Morgan fingerprint density at radius 1 is 1.18 bits per heavy atom. The third-order valence-electron chi connectivity index (χ3n) is 4.62. The van der Waals surface area contributed by atoms with Crippen molar-refractivity contribution in [2.45, 2.75) is 12.7 Å². The smallest absolute Gasteiger partial charge is 0.416 e. The molecule has 0 bridgehead atoms. The normalized spacial score (nSPS) is 11.5. The SMILES string of the molecule is O=C(COc1cccc([N+](=O)[O-])c1)Nc1nc2cc(C(F)(F)F)ccc2n1Cc1ccco1. The van der Waals surface area contributed by atoms with Crippen LogP contribution in [0.3, 0.4) is 0 Å². The average Bonchev–Trinajstić information content (AvgIpc) is 3.40. The minimum Gasteiger partial charge on any atom is -0.484 e. The molecule has 2 heterocycles. The van der Waals surface area contributed by atoms with E-state index in [4.69, 9.17) is 9.15 Å². The van der Waals surface area contributed by atoms with Crippen molar-refractivity contribution in [2.24, 2.45) is 0 Å². The molecule has 0 aliphatic carbocycles. The van der Waals surface area contributed by atoms with E-state index in [0.29, 0.717) is 11.3 Å². The van der Waals surface area contributed by atoms with Crippen molar-refractivity contribution in [3.63, 3.8) is 0 Å². The van der Waals surface area contributed by atoms with Crippen LogP contribution in [0.2, 0.25) is 0 Å². The van der Waals surface area contributed by atoms with Crippen LogP contribution in [0.15, 0.2) is 65.3 Å². The lowest BCUT2D eigenvalue weighted by molar-refractivity contribution is -0.384. The van der Waals surface area contributed by atoms with Gasteiger partial charge in [0, 0.05) is 6.07 Å². The Kier molecular flexibility index (Phi) is 5.73. The number of carbonyl (C=O) groups excluding carboxylic acids is 1. The third-order valence-corrected chi connectivity index (χ3v) is 4.62. The van der Waals surface area contributed by atoms with Gasteiger partial charge in [0.2, 0.25) is 5.95 Å². The second-order valence-electron chi connectivity index (χ2n) is 6.89. The average molecular weight is 460 g/mol. The molecule has 0 saturated heterocycles. The van der Waals surface area contributed by atoms with Gasteiger partial charge in [-0.25, -0.2) is 4.98 Å². The first-order valence-corrected chi connectivity index (χ1v) is 9.47. The molecule has 2 aromatic carbocycles. The van der Waals surface area contributed by atoms with Gasteiger partial charge in [-0.05, 0) is 36.4 Å². The van der Waals surface area contributed by atoms with Crippen LogP contribution in [0.1, 0.15) is 11.3 Å². The number of non-ortho nitro benzene ring substituents is 1. The maximum Gasteiger partial charge on any atom is 0.416 e. The molecule has 2 aromatic heterocycles. The molecule has 4 aromatic rings. The van der Waals surface area contributed by atoms with E-state index in [1.165, 1.54) is 35.1 Å². The molecule has 0 atom stereocenters. The molecule has 0 fully saturated rings. The van der Waals surface area contributed by atoms with Crippen molar-refractivity contribution in [2.75, 3.05) is 11.9 Å². The van der Waals surface area contributed by atoms with Gasteiger partial charge >= 0.3 is 6.18 Å². The molecular weight excluding hydrogens is 445 g/mol. The van der Waals surface area contributed by atoms with E-state index >= 15 is 0 Å². The number of rotatable bonds is 7. The molecule has 12 heteroatoms. The Morgan fingerprint density at radius 3 is 2.70 bits per heavy atom. The number of anilines is 1. The number of imidazole rings is 1. The van der Waals surface area contributed by atoms with Gasteiger partial charge in [0.25, 0.3) is 11.6 Å². The number of fused-ring (bicyclic) bond motifs is 1. The lowest BCUT2D eigenvalue weighted by Crippen LogP contribution is -2.22. The Hall–Kier alpha value is -4.35.